The van der Waals surface area contributed by atoms with Gasteiger partial charge in [-0.3, -0.25) is 4.79 Å². The third-order valence-electron chi connectivity index (χ3n) is 3.18. The highest BCUT2D eigenvalue weighted by atomic mass is 79.9. The van der Waals surface area contributed by atoms with E-state index in [1.54, 1.807) is 19.2 Å². The molecule has 0 aliphatic rings. The summed E-state index contributed by atoms with van der Waals surface area (Å²) >= 11 is 3.38. The van der Waals surface area contributed by atoms with Gasteiger partial charge in [-0.15, -0.1) is 0 Å². The molecule has 0 amide bonds. The second-order valence-corrected chi connectivity index (χ2v) is 5.39. The number of carbonyl (C=O) groups excluding carboxylic acids is 1. The minimum Gasteiger partial charge on any atom is -0.496 e. The van der Waals surface area contributed by atoms with E-state index in [-0.39, 0.29) is 5.78 Å². The smallest absolute Gasteiger partial charge is 0.196 e. The van der Waals surface area contributed by atoms with Crippen LogP contribution in [0.15, 0.2) is 40.9 Å². The number of ketones is 1. The Hall–Kier alpha value is -1.61. The van der Waals surface area contributed by atoms with Crippen LogP contribution in [0.2, 0.25) is 0 Å². The monoisotopic (exact) mass is 318 g/mol. The lowest BCUT2D eigenvalue weighted by Gasteiger charge is -2.09. The second-order valence-electron chi connectivity index (χ2n) is 4.47. The van der Waals surface area contributed by atoms with Gasteiger partial charge in [0.05, 0.1) is 12.7 Å². The molecule has 98 valence electrons. The highest BCUT2D eigenvalue weighted by molar-refractivity contribution is 9.10. The van der Waals surface area contributed by atoms with E-state index in [0.717, 1.165) is 10.0 Å². The molecule has 2 aromatic carbocycles. The Labute approximate surface area is 121 Å². The van der Waals surface area contributed by atoms with Gasteiger partial charge in [-0.05, 0) is 49.2 Å². The molecule has 0 saturated carbocycles. The zero-order chi connectivity index (χ0) is 14.0. The molecule has 2 aromatic rings. The summed E-state index contributed by atoms with van der Waals surface area (Å²) in [5.41, 5.74) is 3.54. The van der Waals surface area contributed by atoms with Gasteiger partial charge in [0.25, 0.3) is 0 Å². The lowest BCUT2D eigenvalue weighted by Crippen LogP contribution is -2.04. The van der Waals surface area contributed by atoms with E-state index in [9.17, 15) is 4.79 Å². The summed E-state index contributed by atoms with van der Waals surface area (Å²) in [4.78, 5) is 12.5. The van der Waals surface area contributed by atoms with E-state index in [2.05, 4.69) is 15.9 Å². The fourth-order valence-electron chi connectivity index (χ4n) is 1.90. The summed E-state index contributed by atoms with van der Waals surface area (Å²) in [6, 6.07) is 11.2. The third-order valence-corrected chi connectivity index (χ3v) is 3.67. The van der Waals surface area contributed by atoms with E-state index in [1.165, 1.54) is 5.56 Å². The van der Waals surface area contributed by atoms with Crippen LogP contribution in [0, 0.1) is 13.8 Å². The van der Waals surface area contributed by atoms with E-state index in [0.29, 0.717) is 16.9 Å². The molecule has 0 fully saturated rings. The molecule has 0 bridgehead atoms. The van der Waals surface area contributed by atoms with Crippen molar-refractivity contribution in [2.45, 2.75) is 13.8 Å². The predicted octanol–water partition coefficient (Wildman–Crippen LogP) is 4.31. The number of halogens is 1. The topological polar surface area (TPSA) is 26.3 Å². The first-order valence-corrected chi connectivity index (χ1v) is 6.77. The Morgan fingerprint density at radius 2 is 1.79 bits per heavy atom. The summed E-state index contributed by atoms with van der Waals surface area (Å²) in [6.45, 7) is 4.04. The largest absolute Gasteiger partial charge is 0.496 e. The fourth-order valence-corrected chi connectivity index (χ4v) is 2.26. The van der Waals surface area contributed by atoms with Crippen LogP contribution in [0.25, 0.3) is 0 Å². The first kappa shape index (κ1) is 13.8. The molecule has 2 rings (SSSR count). The number of hydrogen-bond donors (Lipinski definition) is 0. The van der Waals surface area contributed by atoms with Crippen LogP contribution >= 0.6 is 15.9 Å². The number of methoxy groups -OCH3 is 1. The summed E-state index contributed by atoms with van der Waals surface area (Å²) in [6.07, 6.45) is 0. The molecule has 0 spiro atoms. The van der Waals surface area contributed by atoms with Gasteiger partial charge in [0.2, 0.25) is 0 Å². The molecule has 0 radical (unpaired) electrons. The van der Waals surface area contributed by atoms with Crippen molar-refractivity contribution < 1.29 is 9.53 Å². The van der Waals surface area contributed by atoms with Gasteiger partial charge < -0.3 is 4.74 Å². The maximum atomic E-state index is 12.5. The van der Waals surface area contributed by atoms with Crippen LogP contribution in [-0.2, 0) is 0 Å². The quantitative estimate of drug-likeness (QED) is 0.788. The Kier molecular flexibility index (Phi) is 4.05. The first-order chi connectivity index (χ1) is 9.02. The SMILES string of the molecule is COc1ccc(Br)cc1C(=O)c1ccc(C)c(C)c1. The Balaban J connectivity index is 2.49. The average molecular weight is 319 g/mol. The average Bonchev–Trinajstić information content (AvgIpc) is 2.41. The summed E-state index contributed by atoms with van der Waals surface area (Å²) in [5, 5.41) is 0. The Bertz CT molecular complexity index is 633. The van der Waals surface area contributed by atoms with Crippen LogP contribution in [0.3, 0.4) is 0 Å². The molecule has 0 aliphatic heterocycles. The molecule has 0 N–H and O–H groups in total. The molecule has 19 heavy (non-hydrogen) atoms. The summed E-state index contributed by atoms with van der Waals surface area (Å²) in [5.74, 6) is 0.563. The van der Waals surface area contributed by atoms with Crippen LogP contribution in [0.5, 0.6) is 5.75 Å². The standard InChI is InChI=1S/C16H15BrO2/c1-10-4-5-12(8-11(10)2)16(18)14-9-13(17)6-7-15(14)19-3/h4-9H,1-3H3. The molecular weight excluding hydrogens is 304 g/mol. The van der Waals surface area contributed by atoms with Gasteiger partial charge in [-0.1, -0.05) is 28.1 Å². The van der Waals surface area contributed by atoms with Crippen LogP contribution < -0.4 is 4.74 Å². The number of carbonyl (C=O) groups is 1. The van der Waals surface area contributed by atoms with Gasteiger partial charge in [0.15, 0.2) is 5.78 Å². The molecular formula is C16H15BrO2. The molecule has 0 aromatic heterocycles. The van der Waals surface area contributed by atoms with Crippen LogP contribution in [0.4, 0.5) is 0 Å². The summed E-state index contributed by atoms with van der Waals surface area (Å²) < 4.78 is 6.12. The van der Waals surface area contributed by atoms with E-state index in [4.69, 9.17) is 4.74 Å². The first-order valence-electron chi connectivity index (χ1n) is 5.98. The van der Waals surface area contributed by atoms with Crippen molar-refractivity contribution in [2.24, 2.45) is 0 Å². The molecule has 0 saturated heterocycles. The number of aryl methyl sites for hydroxylation is 2. The molecule has 0 unspecified atom stereocenters. The maximum Gasteiger partial charge on any atom is 0.196 e. The van der Waals surface area contributed by atoms with Crippen molar-refractivity contribution >= 4 is 21.7 Å². The second kappa shape index (κ2) is 5.57. The number of benzene rings is 2. The van der Waals surface area contributed by atoms with Crippen molar-refractivity contribution in [3.8, 4) is 5.75 Å². The predicted molar refractivity (Wildman–Crippen MR) is 80.0 cm³/mol. The third kappa shape index (κ3) is 2.87. The lowest BCUT2D eigenvalue weighted by atomic mass is 9.99. The van der Waals surface area contributed by atoms with Crippen LogP contribution in [0.1, 0.15) is 27.0 Å². The van der Waals surface area contributed by atoms with Crippen molar-refractivity contribution in [3.63, 3.8) is 0 Å². The summed E-state index contributed by atoms with van der Waals surface area (Å²) in [7, 11) is 1.57. The molecule has 3 heteroatoms. The molecule has 0 atom stereocenters. The Morgan fingerprint density at radius 3 is 2.42 bits per heavy atom. The van der Waals surface area contributed by atoms with Gasteiger partial charge in [0.1, 0.15) is 5.75 Å². The minimum atomic E-state index is -0.0266. The van der Waals surface area contributed by atoms with Gasteiger partial charge in [0, 0.05) is 10.0 Å². The van der Waals surface area contributed by atoms with Crippen molar-refractivity contribution in [1.29, 1.82) is 0 Å². The molecule has 2 nitrogen and oxygen atoms in total. The zero-order valence-electron chi connectivity index (χ0n) is 11.2. The zero-order valence-corrected chi connectivity index (χ0v) is 12.7. The minimum absolute atomic E-state index is 0.0266. The Morgan fingerprint density at radius 1 is 1.05 bits per heavy atom. The van der Waals surface area contributed by atoms with Crippen molar-refractivity contribution in [2.75, 3.05) is 7.11 Å². The highest BCUT2D eigenvalue weighted by Crippen LogP contribution is 2.26. The highest BCUT2D eigenvalue weighted by Gasteiger charge is 2.15. The number of rotatable bonds is 3. The molecule has 0 heterocycles. The van der Waals surface area contributed by atoms with Crippen molar-refractivity contribution in [3.05, 3.63) is 63.1 Å². The number of hydrogen-bond acceptors (Lipinski definition) is 2. The van der Waals surface area contributed by atoms with E-state index in [1.807, 2.05) is 38.1 Å². The van der Waals surface area contributed by atoms with Crippen LogP contribution in [-0.4, -0.2) is 12.9 Å². The lowest BCUT2D eigenvalue weighted by molar-refractivity contribution is 0.103. The maximum absolute atomic E-state index is 12.5. The van der Waals surface area contributed by atoms with Gasteiger partial charge >= 0.3 is 0 Å². The van der Waals surface area contributed by atoms with Gasteiger partial charge in [-0.25, -0.2) is 0 Å². The fraction of sp³-hybridized carbons (Fsp3) is 0.188. The van der Waals surface area contributed by atoms with Crippen molar-refractivity contribution in [1.82, 2.24) is 0 Å². The van der Waals surface area contributed by atoms with Gasteiger partial charge in [-0.2, -0.15) is 0 Å². The molecule has 0 aliphatic carbocycles. The van der Waals surface area contributed by atoms with E-state index >= 15 is 0 Å². The normalized spacial score (nSPS) is 10.3. The van der Waals surface area contributed by atoms with E-state index < -0.39 is 0 Å². The number of ether oxygens (including phenoxy) is 1.